The first-order valence-electron chi connectivity index (χ1n) is 12.9. The molecule has 1 N–H and O–H groups in total. The molecule has 0 aromatic carbocycles. The van der Waals surface area contributed by atoms with E-state index in [0.29, 0.717) is 5.92 Å². The second-order valence-electron chi connectivity index (χ2n) is 9.08. The molecule has 27 heavy (non-hydrogen) atoms. The average molecular weight is 383 g/mol. The zero-order valence-corrected chi connectivity index (χ0v) is 19.7. The third-order valence-corrected chi connectivity index (χ3v) is 6.65. The van der Waals surface area contributed by atoms with Crippen LogP contribution in [-0.4, -0.2) is 10.7 Å². The highest BCUT2D eigenvalue weighted by Crippen LogP contribution is 2.35. The van der Waals surface area contributed by atoms with Crippen molar-refractivity contribution in [2.24, 2.45) is 5.92 Å². The van der Waals surface area contributed by atoms with Gasteiger partial charge in [-0.1, -0.05) is 130 Å². The van der Waals surface area contributed by atoms with Crippen LogP contribution in [0.1, 0.15) is 156 Å². The summed E-state index contributed by atoms with van der Waals surface area (Å²) in [6.07, 6.45) is 25.9. The molecule has 0 aromatic rings. The molecule has 2 atom stereocenters. The second kappa shape index (κ2) is 19.3. The molecule has 0 aliphatic carbocycles. The molecule has 0 amide bonds. The van der Waals surface area contributed by atoms with Crippen molar-refractivity contribution in [1.82, 2.24) is 0 Å². The van der Waals surface area contributed by atoms with Gasteiger partial charge in [0.1, 0.15) is 0 Å². The van der Waals surface area contributed by atoms with Gasteiger partial charge < -0.3 is 5.11 Å². The van der Waals surface area contributed by atoms with E-state index in [-0.39, 0.29) is 0 Å². The van der Waals surface area contributed by atoms with Crippen LogP contribution in [0.3, 0.4) is 0 Å². The number of hydrogen-bond acceptors (Lipinski definition) is 1. The van der Waals surface area contributed by atoms with E-state index in [1.54, 1.807) is 0 Å². The van der Waals surface area contributed by atoms with E-state index >= 15 is 0 Å². The minimum atomic E-state index is -0.402. The fraction of sp³-hybridized carbons (Fsp3) is 1.00. The van der Waals surface area contributed by atoms with Gasteiger partial charge in [-0.15, -0.1) is 0 Å². The summed E-state index contributed by atoms with van der Waals surface area (Å²) >= 11 is 0. The number of aliphatic hydroxyl groups is 1. The van der Waals surface area contributed by atoms with Crippen molar-refractivity contribution in [2.75, 3.05) is 0 Å². The predicted octanol–water partition coefficient (Wildman–Crippen LogP) is 9.22. The Morgan fingerprint density at radius 3 is 1.33 bits per heavy atom. The van der Waals surface area contributed by atoms with E-state index in [1.807, 2.05) is 0 Å². The van der Waals surface area contributed by atoms with Crippen LogP contribution in [0.5, 0.6) is 0 Å². The highest BCUT2D eigenvalue weighted by molar-refractivity contribution is 4.85. The Labute approximate surface area is 173 Å². The Kier molecular flexibility index (Phi) is 19.3. The van der Waals surface area contributed by atoms with Crippen LogP contribution in [0.25, 0.3) is 0 Å². The molecule has 2 unspecified atom stereocenters. The Bertz CT molecular complexity index is 288. The molecule has 0 saturated heterocycles. The van der Waals surface area contributed by atoms with E-state index in [4.69, 9.17) is 0 Å². The van der Waals surface area contributed by atoms with Gasteiger partial charge >= 0.3 is 0 Å². The first-order chi connectivity index (χ1) is 13.1. The van der Waals surface area contributed by atoms with Crippen LogP contribution >= 0.6 is 0 Å². The Balaban J connectivity index is 4.40. The Morgan fingerprint density at radius 1 is 0.519 bits per heavy atom. The molecular formula is C26H54O. The van der Waals surface area contributed by atoms with Gasteiger partial charge in [-0.25, -0.2) is 0 Å². The number of hydrogen-bond donors (Lipinski definition) is 1. The molecule has 0 rings (SSSR count). The SMILES string of the molecule is CCCCCCCCC(CCCCCC)C(O)(CC)CCCCCCCC. The molecule has 164 valence electrons. The molecule has 0 aromatic heterocycles. The maximum atomic E-state index is 11.5. The Hall–Kier alpha value is -0.0400. The second-order valence-corrected chi connectivity index (χ2v) is 9.08. The van der Waals surface area contributed by atoms with Crippen molar-refractivity contribution < 1.29 is 5.11 Å². The lowest BCUT2D eigenvalue weighted by molar-refractivity contribution is -0.0400. The summed E-state index contributed by atoms with van der Waals surface area (Å²) in [4.78, 5) is 0. The van der Waals surface area contributed by atoms with Gasteiger partial charge in [-0.2, -0.15) is 0 Å². The molecule has 0 heterocycles. The lowest BCUT2D eigenvalue weighted by atomic mass is 9.75. The molecule has 1 heteroatoms. The first kappa shape index (κ1) is 27.0. The summed E-state index contributed by atoms with van der Waals surface area (Å²) in [6, 6.07) is 0. The van der Waals surface area contributed by atoms with Crippen LogP contribution in [0.2, 0.25) is 0 Å². The summed E-state index contributed by atoms with van der Waals surface area (Å²) in [5.41, 5.74) is -0.402. The summed E-state index contributed by atoms with van der Waals surface area (Å²) in [5.74, 6) is 0.529. The zero-order valence-electron chi connectivity index (χ0n) is 19.7. The van der Waals surface area contributed by atoms with Gasteiger partial charge in [0, 0.05) is 0 Å². The molecule has 0 radical (unpaired) electrons. The summed E-state index contributed by atoms with van der Waals surface area (Å²) in [5, 5.41) is 11.5. The fourth-order valence-corrected chi connectivity index (χ4v) is 4.55. The van der Waals surface area contributed by atoms with Crippen LogP contribution in [0.4, 0.5) is 0 Å². The van der Waals surface area contributed by atoms with Crippen LogP contribution < -0.4 is 0 Å². The topological polar surface area (TPSA) is 20.2 Å². The van der Waals surface area contributed by atoms with Crippen molar-refractivity contribution >= 4 is 0 Å². The molecule has 0 aliphatic heterocycles. The van der Waals surface area contributed by atoms with E-state index in [2.05, 4.69) is 27.7 Å². The van der Waals surface area contributed by atoms with Crippen molar-refractivity contribution in [1.29, 1.82) is 0 Å². The standard InChI is InChI=1S/C26H54O/c1-5-9-12-15-17-20-23-25(22-19-14-11-7-3)26(27,8-4)24-21-18-16-13-10-6-2/h25,27H,5-24H2,1-4H3. The maximum Gasteiger partial charge on any atom is 0.0673 e. The monoisotopic (exact) mass is 382 g/mol. The highest BCUT2D eigenvalue weighted by atomic mass is 16.3. The molecule has 0 bridgehead atoms. The largest absolute Gasteiger partial charge is 0.390 e. The minimum Gasteiger partial charge on any atom is -0.390 e. The summed E-state index contributed by atoms with van der Waals surface area (Å²) in [6.45, 7) is 9.07. The van der Waals surface area contributed by atoms with Crippen molar-refractivity contribution in [2.45, 2.75) is 162 Å². The first-order valence-corrected chi connectivity index (χ1v) is 12.9. The van der Waals surface area contributed by atoms with Crippen molar-refractivity contribution in [3.63, 3.8) is 0 Å². The number of unbranched alkanes of at least 4 members (excludes halogenated alkanes) is 13. The van der Waals surface area contributed by atoms with E-state index in [0.717, 1.165) is 12.8 Å². The van der Waals surface area contributed by atoms with E-state index in [9.17, 15) is 5.11 Å². The highest BCUT2D eigenvalue weighted by Gasteiger charge is 2.33. The fourth-order valence-electron chi connectivity index (χ4n) is 4.55. The summed E-state index contributed by atoms with van der Waals surface area (Å²) < 4.78 is 0. The molecular weight excluding hydrogens is 328 g/mol. The van der Waals surface area contributed by atoms with E-state index in [1.165, 1.54) is 116 Å². The third-order valence-electron chi connectivity index (χ3n) is 6.65. The quantitative estimate of drug-likeness (QED) is 0.196. The minimum absolute atomic E-state index is 0.402. The van der Waals surface area contributed by atoms with Crippen LogP contribution in [0.15, 0.2) is 0 Å². The van der Waals surface area contributed by atoms with Crippen molar-refractivity contribution in [3.05, 3.63) is 0 Å². The van der Waals surface area contributed by atoms with Crippen molar-refractivity contribution in [3.8, 4) is 0 Å². The van der Waals surface area contributed by atoms with Gasteiger partial charge in [0.15, 0.2) is 0 Å². The summed E-state index contributed by atoms with van der Waals surface area (Å²) in [7, 11) is 0. The number of rotatable bonds is 21. The van der Waals surface area contributed by atoms with E-state index < -0.39 is 5.60 Å². The molecule has 1 nitrogen and oxygen atoms in total. The molecule has 0 fully saturated rings. The lowest BCUT2D eigenvalue weighted by Crippen LogP contribution is -2.37. The third kappa shape index (κ3) is 14.6. The zero-order chi connectivity index (χ0) is 20.2. The van der Waals surface area contributed by atoms with Gasteiger partial charge in [0.25, 0.3) is 0 Å². The molecule has 0 aliphatic rings. The molecule has 0 saturated carbocycles. The van der Waals surface area contributed by atoms with Gasteiger partial charge in [-0.3, -0.25) is 0 Å². The average Bonchev–Trinajstić information content (AvgIpc) is 2.68. The normalized spacial score (nSPS) is 15.0. The van der Waals surface area contributed by atoms with Gasteiger partial charge in [0.2, 0.25) is 0 Å². The van der Waals surface area contributed by atoms with Gasteiger partial charge in [0.05, 0.1) is 5.60 Å². The van der Waals surface area contributed by atoms with Crippen LogP contribution in [0, 0.1) is 5.92 Å². The smallest absolute Gasteiger partial charge is 0.0673 e. The Morgan fingerprint density at radius 2 is 0.889 bits per heavy atom. The predicted molar refractivity (Wildman–Crippen MR) is 123 cm³/mol. The van der Waals surface area contributed by atoms with Crippen LogP contribution in [-0.2, 0) is 0 Å². The lowest BCUT2D eigenvalue weighted by Gasteiger charge is -2.36. The molecule has 0 spiro atoms. The van der Waals surface area contributed by atoms with Gasteiger partial charge in [-0.05, 0) is 31.6 Å². The maximum absolute atomic E-state index is 11.5.